The van der Waals surface area contributed by atoms with Crippen molar-refractivity contribution in [1.82, 2.24) is 10.3 Å². The van der Waals surface area contributed by atoms with Gasteiger partial charge in [0.1, 0.15) is 5.78 Å². The molecule has 0 saturated heterocycles. The number of amides is 1. The fourth-order valence-electron chi connectivity index (χ4n) is 2.78. The van der Waals surface area contributed by atoms with E-state index in [1.54, 1.807) is 12.4 Å². The molecule has 4 nitrogen and oxygen atoms in total. The van der Waals surface area contributed by atoms with E-state index in [9.17, 15) is 9.59 Å². The number of aromatic nitrogens is 1. The predicted octanol–water partition coefficient (Wildman–Crippen LogP) is 2.65. The fraction of sp³-hybridized carbons (Fsp3) is 0.562. The van der Waals surface area contributed by atoms with Gasteiger partial charge in [0.25, 0.3) is 0 Å². The van der Waals surface area contributed by atoms with Crippen LogP contribution in [0, 0.1) is 11.8 Å². The van der Waals surface area contributed by atoms with Crippen molar-refractivity contribution in [3.05, 3.63) is 30.1 Å². The minimum Gasteiger partial charge on any atom is -0.349 e. The van der Waals surface area contributed by atoms with Crippen LogP contribution in [0.3, 0.4) is 0 Å². The molecule has 108 valence electrons. The van der Waals surface area contributed by atoms with Crippen LogP contribution in [0.1, 0.15) is 51.1 Å². The van der Waals surface area contributed by atoms with Crippen LogP contribution in [0.4, 0.5) is 0 Å². The summed E-state index contributed by atoms with van der Waals surface area (Å²) in [7, 11) is 0. The second-order valence-corrected chi connectivity index (χ2v) is 5.59. The van der Waals surface area contributed by atoms with E-state index in [0.29, 0.717) is 19.3 Å². The van der Waals surface area contributed by atoms with Crippen LogP contribution in [-0.2, 0) is 9.59 Å². The average molecular weight is 274 g/mol. The van der Waals surface area contributed by atoms with Gasteiger partial charge in [-0.25, -0.2) is 0 Å². The topological polar surface area (TPSA) is 59.1 Å². The van der Waals surface area contributed by atoms with E-state index in [1.165, 1.54) is 0 Å². The highest BCUT2D eigenvalue weighted by Crippen LogP contribution is 2.27. The second kappa shape index (κ2) is 6.64. The first-order valence-electron chi connectivity index (χ1n) is 7.34. The van der Waals surface area contributed by atoms with Gasteiger partial charge in [-0.05, 0) is 37.0 Å². The third-order valence-electron chi connectivity index (χ3n) is 4.13. The molecular formula is C16H22N2O2. The standard InChI is InChI=1S/C16H22N2O2/c1-3-14(12-6-8-17-9-7-12)18-16(20)13-4-5-15(19)11(2)10-13/h6-9,11,13-14H,3-5,10H2,1-2H3,(H,18,20)/t11-,13+,14+/m1/s1. The van der Waals surface area contributed by atoms with E-state index in [4.69, 9.17) is 0 Å². The number of pyridine rings is 1. The summed E-state index contributed by atoms with van der Waals surface area (Å²) in [5.41, 5.74) is 1.08. The first-order chi connectivity index (χ1) is 9.61. The van der Waals surface area contributed by atoms with Crippen molar-refractivity contribution in [2.45, 2.75) is 45.6 Å². The quantitative estimate of drug-likeness (QED) is 0.918. The molecule has 1 aliphatic rings. The molecule has 2 rings (SSSR count). The van der Waals surface area contributed by atoms with Crippen molar-refractivity contribution < 1.29 is 9.59 Å². The Hall–Kier alpha value is -1.71. The maximum absolute atomic E-state index is 12.4. The number of hydrogen-bond acceptors (Lipinski definition) is 3. The number of nitrogens with zero attached hydrogens (tertiary/aromatic N) is 1. The minimum atomic E-state index is -0.0291. The lowest BCUT2D eigenvalue weighted by Gasteiger charge is -2.27. The Morgan fingerprint density at radius 1 is 1.45 bits per heavy atom. The van der Waals surface area contributed by atoms with Gasteiger partial charge in [-0.2, -0.15) is 0 Å². The van der Waals surface area contributed by atoms with Crippen molar-refractivity contribution in [2.24, 2.45) is 11.8 Å². The predicted molar refractivity (Wildman–Crippen MR) is 76.9 cm³/mol. The van der Waals surface area contributed by atoms with Crippen molar-refractivity contribution in [1.29, 1.82) is 0 Å². The molecule has 1 aromatic rings. The molecule has 0 unspecified atom stereocenters. The zero-order valence-electron chi connectivity index (χ0n) is 12.1. The van der Waals surface area contributed by atoms with Crippen LogP contribution in [0.2, 0.25) is 0 Å². The SMILES string of the molecule is CC[C@H](NC(=O)[C@H]1CCC(=O)[C@H](C)C1)c1ccncc1. The minimum absolute atomic E-state index is 0.0144. The van der Waals surface area contributed by atoms with Gasteiger partial charge in [0, 0.05) is 30.7 Å². The van der Waals surface area contributed by atoms with Gasteiger partial charge in [0.05, 0.1) is 6.04 Å². The van der Waals surface area contributed by atoms with Crippen LogP contribution >= 0.6 is 0 Å². The van der Waals surface area contributed by atoms with E-state index in [2.05, 4.69) is 17.2 Å². The molecule has 0 radical (unpaired) electrons. The van der Waals surface area contributed by atoms with E-state index in [1.807, 2.05) is 19.1 Å². The van der Waals surface area contributed by atoms with Gasteiger partial charge in [-0.15, -0.1) is 0 Å². The summed E-state index contributed by atoms with van der Waals surface area (Å²) in [6, 6.07) is 3.89. The lowest BCUT2D eigenvalue weighted by atomic mass is 9.81. The summed E-state index contributed by atoms with van der Waals surface area (Å²) in [6.07, 6.45) is 6.22. The summed E-state index contributed by atoms with van der Waals surface area (Å²) in [5.74, 6) is 0.349. The number of nitrogens with one attached hydrogen (secondary N) is 1. The molecule has 20 heavy (non-hydrogen) atoms. The van der Waals surface area contributed by atoms with E-state index < -0.39 is 0 Å². The fourth-order valence-corrected chi connectivity index (χ4v) is 2.78. The van der Waals surface area contributed by atoms with Gasteiger partial charge in [-0.1, -0.05) is 13.8 Å². The normalized spacial score (nSPS) is 24.2. The number of hydrogen-bond donors (Lipinski definition) is 1. The molecule has 0 aliphatic heterocycles. The Labute approximate surface area is 120 Å². The Morgan fingerprint density at radius 3 is 2.75 bits per heavy atom. The molecule has 1 amide bonds. The number of ketones is 1. The molecule has 1 fully saturated rings. The van der Waals surface area contributed by atoms with Gasteiger partial charge < -0.3 is 5.32 Å². The Kier molecular flexibility index (Phi) is 4.88. The maximum atomic E-state index is 12.4. The monoisotopic (exact) mass is 274 g/mol. The van der Waals surface area contributed by atoms with E-state index >= 15 is 0 Å². The summed E-state index contributed by atoms with van der Waals surface area (Å²) >= 11 is 0. The van der Waals surface area contributed by atoms with Gasteiger partial charge in [0.2, 0.25) is 5.91 Å². The highest BCUT2D eigenvalue weighted by atomic mass is 16.2. The Bertz CT molecular complexity index is 473. The van der Waals surface area contributed by atoms with Crippen LogP contribution in [0.15, 0.2) is 24.5 Å². The van der Waals surface area contributed by atoms with Crippen LogP contribution < -0.4 is 5.32 Å². The van der Waals surface area contributed by atoms with E-state index in [-0.39, 0.29) is 29.6 Å². The summed E-state index contributed by atoms with van der Waals surface area (Å²) in [4.78, 5) is 27.9. The maximum Gasteiger partial charge on any atom is 0.223 e. The van der Waals surface area contributed by atoms with Gasteiger partial charge in [0.15, 0.2) is 0 Å². The Balaban J connectivity index is 1.98. The highest BCUT2D eigenvalue weighted by molar-refractivity contribution is 5.86. The van der Waals surface area contributed by atoms with Gasteiger partial charge in [-0.3, -0.25) is 14.6 Å². The lowest BCUT2D eigenvalue weighted by molar-refractivity contribution is -0.131. The molecule has 1 aliphatic carbocycles. The number of carbonyl (C=O) groups excluding carboxylic acids is 2. The van der Waals surface area contributed by atoms with Crippen LogP contribution in [0.25, 0.3) is 0 Å². The molecule has 0 bridgehead atoms. The van der Waals surface area contributed by atoms with Crippen molar-refractivity contribution in [2.75, 3.05) is 0 Å². The summed E-state index contributed by atoms with van der Waals surface area (Å²) in [6.45, 7) is 3.97. The average Bonchev–Trinajstić information content (AvgIpc) is 2.48. The molecule has 4 heteroatoms. The van der Waals surface area contributed by atoms with E-state index in [0.717, 1.165) is 12.0 Å². The van der Waals surface area contributed by atoms with Gasteiger partial charge >= 0.3 is 0 Å². The number of rotatable bonds is 4. The summed E-state index contributed by atoms with van der Waals surface area (Å²) in [5, 5.41) is 3.11. The number of carbonyl (C=O) groups is 2. The molecule has 1 N–H and O–H groups in total. The van der Waals surface area contributed by atoms with Crippen LogP contribution in [-0.4, -0.2) is 16.7 Å². The highest BCUT2D eigenvalue weighted by Gasteiger charge is 2.30. The smallest absolute Gasteiger partial charge is 0.223 e. The molecular weight excluding hydrogens is 252 g/mol. The first kappa shape index (κ1) is 14.7. The largest absolute Gasteiger partial charge is 0.349 e. The molecule has 1 aromatic heterocycles. The molecule has 3 atom stereocenters. The van der Waals surface area contributed by atoms with Crippen molar-refractivity contribution >= 4 is 11.7 Å². The third kappa shape index (κ3) is 3.44. The first-order valence-corrected chi connectivity index (χ1v) is 7.34. The zero-order valence-corrected chi connectivity index (χ0v) is 12.1. The molecule has 0 spiro atoms. The molecule has 0 aromatic carbocycles. The summed E-state index contributed by atoms with van der Waals surface area (Å²) < 4.78 is 0. The second-order valence-electron chi connectivity index (χ2n) is 5.59. The molecule has 1 saturated carbocycles. The molecule has 1 heterocycles. The third-order valence-corrected chi connectivity index (χ3v) is 4.13. The zero-order chi connectivity index (χ0) is 14.5. The van der Waals surface area contributed by atoms with Crippen molar-refractivity contribution in [3.63, 3.8) is 0 Å². The Morgan fingerprint density at radius 2 is 2.15 bits per heavy atom. The number of Topliss-reactive ketones (excluding diaryl/α,β-unsaturated/α-hetero) is 1. The lowest BCUT2D eigenvalue weighted by Crippen LogP contribution is -2.37. The van der Waals surface area contributed by atoms with Crippen molar-refractivity contribution in [3.8, 4) is 0 Å². The van der Waals surface area contributed by atoms with Crippen LogP contribution in [0.5, 0.6) is 0 Å².